The number of halogens is 1. The predicted octanol–water partition coefficient (Wildman–Crippen LogP) is 2.20. The van der Waals surface area contributed by atoms with Crippen LogP contribution in [0.2, 0.25) is 0 Å². The minimum absolute atomic E-state index is 0.309. The van der Waals surface area contributed by atoms with Gasteiger partial charge in [0.1, 0.15) is 5.82 Å². The molecule has 0 fully saturated rings. The molecule has 5 nitrogen and oxygen atoms in total. The lowest BCUT2D eigenvalue weighted by Crippen LogP contribution is -2.16. The number of hydrogen-bond acceptors (Lipinski definition) is 5. The topological polar surface area (TPSA) is 63.8 Å². The number of hydrogen-bond donors (Lipinski definition) is 1. The number of aryl methyl sites for hydroxylation is 1. The number of nitrogens with zero attached hydrogens (tertiary/aromatic N) is 3. The molecule has 0 bridgehead atoms. The lowest BCUT2D eigenvalue weighted by Gasteiger charge is -1.99. The molecule has 2 heterocycles. The summed E-state index contributed by atoms with van der Waals surface area (Å²) in [7, 11) is 0. The van der Waals surface area contributed by atoms with Gasteiger partial charge in [-0.3, -0.25) is 4.98 Å². The summed E-state index contributed by atoms with van der Waals surface area (Å²) in [6.45, 7) is 4.07. The molecule has 2 aromatic heterocycles. The smallest absolute Gasteiger partial charge is 0.249 e. The van der Waals surface area contributed by atoms with Gasteiger partial charge in [0, 0.05) is 12.6 Å². The molecule has 2 aromatic rings. The van der Waals surface area contributed by atoms with Crippen molar-refractivity contribution >= 4 is 0 Å². The molecule has 19 heavy (non-hydrogen) atoms. The Morgan fingerprint density at radius 1 is 1.26 bits per heavy atom. The van der Waals surface area contributed by atoms with Crippen LogP contribution in [0, 0.1) is 5.82 Å². The fourth-order valence-electron chi connectivity index (χ4n) is 1.67. The van der Waals surface area contributed by atoms with Crippen molar-refractivity contribution in [1.82, 2.24) is 20.5 Å². The Balaban J connectivity index is 1.88. The molecule has 0 radical (unpaired) electrons. The molecule has 0 aliphatic carbocycles. The summed E-state index contributed by atoms with van der Waals surface area (Å²) >= 11 is 0. The first-order valence-electron chi connectivity index (χ1n) is 6.43. The second kappa shape index (κ2) is 6.94. The van der Waals surface area contributed by atoms with E-state index in [0.717, 1.165) is 32.1 Å². The zero-order chi connectivity index (χ0) is 13.5. The monoisotopic (exact) mass is 264 g/mol. The largest absolute Gasteiger partial charge is 0.421 e. The summed E-state index contributed by atoms with van der Waals surface area (Å²) in [6, 6.07) is 1.33. The van der Waals surface area contributed by atoms with Gasteiger partial charge in [-0.15, -0.1) is 10.2 Å². The highest BCUT2D eigenvalue weighted by atomic mass is 19.1. The fourth-order valence-corrected chi connectivity index (χ4v) is 1.67. The van der Waals surface area contributed by atoms with E-state index in [1.54, 1.807) is 0 Å². The van der Waals surface area contributed by atoms with Crippen LogP contribution >= 0.6 is 0 Å². The Kier molecular flexibility index (Phi) is 4.97. The van der Waals surface area contributed by atoms with Crippen LogP contribution in [0.4, 0.5) is 4.39 Å². The van der Waals surface area contributed by atoms with E-state index in [1.165, 1.54) is 12.3 Å². The molecule has 0 aliphatic rings. The summed E-state index contributed by atoms with van der Waals surface area (Å²) in [6.07, 6.45) is 5.41. The fraction of sp³-hybridized carbons (Fsp3) is 0.462. The molecule has 1 N–H and O–H groups in total. The lowest BCUT2D eigenvalue weighted by molar-refractivity contribution is 0.490. The highest BCUT2D eigenvalue weighted by Gasteiger charge is 2.09. The molecule has 0 atom stereocenters. The first-order valence-corrected chi connectivity index (χ1v) is 6.43. The third kappa shape index (κ3) is 4.10. The summed E-state index contributed by atoms with van der Waals surface area (Å²) < 4.78 is 18.5. The molecule has 0 unspecified atom stereocenters. The van der Waals surface area contributed by atoms with E-state index in [0.29, 0.717) is 23.8 Å². The molecule has 0 aliphatic heterocycles. The average molecular weight is 264 g/mol. The van der Waals surface area contributed by atoms with Crippen molar-refractivity contribution in [2.45, 2.75) is 26.2 Å². The van der Waals surface area contributed by atoms with E-state index in [4.69, 9.17) is 4.42 Å². The van der Waals surface area contributed by atoms with Gasteiger partial charge in [-0.25, -0.2) is 4.39 Å². The van der Waals surface area contributed by atoms with Gasteiger partial charge in [-0.05, 0) is 32.0 Å². The van der Waals surface area contributed by atoms with Gasteiger partial charge < -0.3 is 9.73 Å². The highest BCUT2D eigenvalue weighted by molar-refractivity contribution is 5.50. The van der Waals surface area contributed by atoms with Crippen LogP contribution in [-0.2, 0) is 6.42 Å². The summed E-state index contributed by atoms with van der Waals surface area (Å²) in [5.41, 5.74) is 0.503. The molecular formula is C13H17FN4O. The van der Waals surface area contributed by atoms with Crippen LogP contribution < -0.4 is 5.32 Å². The minimum Gasteiger partial charge on any atom is -0.421 e. The molecule has 0 spiro atoms. The number of rotatable bonds is 7. The van der Waals surface area contributed by atoms with Gasteiger partial charge >= 0.3 is 0 Å². The van der Waals surface area contributed by atoms with E-state index in [9.17, 15) is 4.39 Å². The van der Waals surface area contributed by atoms with Crippen molar-refractivity contribution in [2.75, 3.05) is 13.1 Å². The van der Waals surface area contributed by atoms with E-state index < -0.39 is 5.82 Å². The molecule has 0 saturated carbocycles. The van der Waals surface area contributed by atoms with Gasteiger partial charge in [0.25, 0.3) is 0 Å². The molecule has 102 valence electrons. The minimum atomic E-state index is -0.416. The maximum Gasteiger partial charge on any atom is 0.249 e. The van der Waals surface area contributed by atoms with Crippen LogP contribution in [-0.4, -0.2) is 28.3 Å². The van der Waals surface area contributed by atoms with E-state index >= 15 is 0 Å². The Hall–Kier alpha value is -1.82. The van der Waals surface area contributed by atoms with Crippen LogP contribution in [0.5, 0.6) is 0 Å². The first kappa shape index (κ1) is 13.6. The second-order valence-corrected chi connectivity index (χ2v) is 4.25. The predicted molar refractivity (Wildman–Crippen MR) is 69.0 cm³/mol. The van der Waals surface area contributed by atoms with Crippen molar-refractivity contribution < 1.29 is 8.81 Å². The van der Waals surface area contributed by atoms with E-state index in [-0.39, 0.29) is 0 Å². The van der Waals surface area contributed by atoms with Crippen LogP contribution in [0.1, 0.15) is 25.7 Å². The maximum absolute atomic E-state index is 13.0. The Morgan fingerprint density at radius 2 is 2.16 bits per heavy atom. The molecule has 0 saturated heterocycles. The summed E-state index contributed by atoms with van der Waals surface area (Å²) in [4.78, 5) is 3.75. The zero-order valence-corrected chi connectivity index (χ0v) is 10.9. The molecule has 0 amide bonds. The number of aromatic nitrogens is 3. The average Bonchev–Trinajstić information content (AvgIpc) is 2.87. The molecule has 2 rings (SSSR count). The van der Waals surface area contributed by atoms with Crippen molar-refractivity contribution in [3.05, 3.63) is 30.2 Å². The summed E-state index contributed by atoms with van der Waals surface area (Å²) in [5.74, 6) is 0.460. The van der Waals surface area contributed by atoms with Crippen molar-refractivity contribution in [2.24, 2.45) is 0 Å². The van der Waals surface area contributed by atoms with Crippen LogP contribution in [0.3, 0.4) is 0 Å². The quantitative estimate of drug-likeness (QED) is 0.777. The lowest BCUT2D eigenvalue weighted by atomic mass is 10.3. The Bertz CT molecular complexity index is 515. The third-order valence-electron chi connectivity index (χ3n) is 2.59. The normalized spacial score (nSPS) is 10.8. The van der Waals surface area contributed by atoms with Gasteiger partial charge in [0.05, 0.1) is 11.8 Å². The number of pyridine rings is 1. The molecule has 6 heteroatoms. The van der Waals surface area contributed by atoms with E-state index in [2.05, 4.69) is 27.4 Å². The van der Waals surface area contributed by atoms with Crippen LogP contribution in [0.15, 0.2) is 22.9 Å². The third-order valence-corrected chi connectivity index (χ3v) is 2.59. The first-order chi connectivity index (χ1) is 9.29. The van der Waals surface area contributed by atoms with Crippen molar-refractivity contribution in [1.29, 1.82) is 0 Å². The molecule has 0 aromatic carbocycles. The van der Waals surface area contributed by atoms with Crippen molar-refractivity contribution in [3.63, 3.8) is 0 Å². The Morgan fingerprint density at radius 3 is 2.95 bits per heavy atom. The van der Waals surface area contributed by atoms with Gasteiger partial charge in [-0.2, -0.15) is 0 Å². The van der Waals surface area contributed by atoms with Crippen molar-refractivity contribution in [3.8, 4) is 11.5 Å². The molecular weight excluding hydrogens is 247 g/mol. The summed E-state index contributed by atoms with van der Waals surface area (Å²) in [5, 5.41) is 11.1. The number of nitrogens with one attached hydrogen (secondary N) is 1. The van der Waals surface area contributed by atoms with Gasteiger partial charge in [-0.1, -0.05) is 6.92 Å². The Labute approximate surface area is 111 Å². The van der Waals surface area contributed by atoms with Gasteiger partial charge in [0.2, 0.25) is 11.8 Å². The van der Waals surface area contributed by atoms with Crippen LogP contribution in [0.25, 0.3) is 11.5 Å². The maximum atomic E-state index is 13.0. The zero-order valence-electron chi connectivity index (χ0n) is 10.9. The SMILES string of the molecule is CCCNCCCc1nnc(-c2cncc(F)c2)o1. The van der Waals surface area contributed by atoms with Gasteiger partial charge in [0.15, 0.2) is 0 Å². The second-order valence-electron chi connectivity index (χ2n) is 4.25. The standard InChI is InChI=1S/C13H17FN4O/c1-2-5-15-6-3-4-12-17-18-13(19-12)10-7-11(14)9-16-8-10/h7-9,15H,2-6H2,1H3. The van der Waals surface area contributed by atoms with E-state index in [1.807, 2.05) is 0 Å². The highest BCUT2D eigenvalue weighted by Crippen LogP contribution is 2.17.